The molecular formula is C15H14BrN3S. The molecule has 1 aliphatic carbocycles. The molecule has 1 unspecified atom stereocenters. The number of nitrogens with zero attached hydrogens (tertiary/aromatic N) is 1. The Bertz CT molecular complexity index is 761. The minimum absolute atomic E-state index is 0.422. The topological polar surface area (TPSA) is 40.7 Å². The molecule has 0 radical (unpaired) electrons. The fourth-order valence-electron chi connectivity index (χ4n) is 2.90. The lowest BCUT2D eigenvalue weighted by molar-refractivity contribution is 0.609. The van der Waals surface area contributed by atoms with E-state index in [1.807, 2.05) is 17.5 Å². The van der Waals surface area contributed by atoms with Crippen molar-refractivity contribution in [3.05, 3.63) is 44.7 Å². The smallest absolute Gasteiger partial charge is 0.0705 e. The maximum atomic E-state index is 4.07. The summed E-state index contributed by atoms with van der Waals surface area (Å²) in [7, 11) is 0. The molecule has 0 amide bonds. The quantitative estimate of drug-likeness (QED) is 0.693. The molecule has 0 aliphatic heterocycles. The number of aromatic nitrogens is 2. The zero-order valence-corrected chi connectivity index (χ0v) is 13.2. The molecule has 0 bridgehead atoms. The molecule has 2 heterocycles. The van der Waals surface area contributed by atoms with Gasteiger partial charge in [-0.05, 0) is 65.0 Å². The maximum absolute atomic E-state index is 4.07. The second-order valence-corrected chi connectivity index (χ2v) is 7.71. The molecule has 0 saturated carbocycles. The fourth-order valence-corrected chi connectivity index (χ4v) is 4.72. The third-order valence-electron chi connectivity index (χ3n) is 3.86. The maximum Gasteiger partial charge on any atom is 0.0705 e. The molecule has 0 saturated heterocycles. The Morgan fingerprint density at radius 1 is 1.35 bits per heavy atom. The number of thiophene rings is 1. The van der Waals surface area contributed by atoms with Gasteiger partial charge in [0.2, 0.25) is 0 Å². The van der Waals surface area contributed by atoms with E-state index >= 15 is 0 Å². The van der Waals surface area contributed by atoms with Gasteiger partial charge in [0.15, 0.2) is 0 Å². The van der Waals surface area contributed by atoms with Crippen LogP contribution in [0.2, 0.25) is 0 Å². The molecule has 102 valence electrons. The van der Waals surface area contributed by atoms with Crippen molar-refractivity contribution < 1.29 is 0 Å². The average molecular weight is 348 g/mol. The average Bonchev–Trinajstić information content (AvgIpc) is 3.04. The number of halogens is 1. The van der Waals surface area contributed by atoms with Crippen molar-refractivity contribution in [2.24, 2.45) is 0 Å². The van der Waals surface area contributed by atoms with Crippen LogP contribution in [0.1, 0.15) is 29.3 Å². The molecule has 3 aromatic rings. The Kier molecular flexibility index (Phi) is 3.04. The van der Waals surface area contributed by atoms with E-state index in [-0.39, 0.29) is 0 Å². The van der Waals surface area contributed by atoms with E-state index in [9.17, 15) is 0 Å². The number of rotatable bonds is 2. The molecule has 0 spiro atoms. The van der Waals surface area contributed by atoms with Crippen LogP contribution in [0, 0.1) is 0 Å². The summed E-state index contributed by atoms with van der Waals surface area (Å²) in [5, 5.41) is 11.9. The van der Waals surface area contributed by atoms with Crippen LogP contribution in [-0.2, 0) is 6.42 Å². The van der Waals surface area contributed by atoms with Crippen LogP contribution >= 0.6 is 27.3 Å². The molecule has 1 atom stereocenters. The number of aromatic amines is 1. The van der Waals surface area contributed by atoms with Crippen molar-refractivity contribution in [2.75, 3.05) is 5.32 Å². The molecule has 20 heavy (non-hydrogen) atoms. The third kappa shape index (κ3) is 2.15. The Balaban J connectivity index is 1.65. The summed E-state index contributed by atoms with van der Waals surface area (Å²) in [5.74, 6) is 0. The van der Waals surface area contributed by atoms with Crippen LogP contribution < -0.4 is 5.32 Å². The number of H-pyrrole nitrogens is 1. The first kappa shape index (κ1) is 12.4. The van der Waals surface area contributed by atoms with E-state index in [0.29, 0.717) is 6.04 Å². The summed E-state index contributed by atoms with van der Waals surface area (Å²) < 4.78 is 1.24. The molecule has 2 N–H and O–H groups in total. The van der Waals surface area contributed by atoms with E-state index < -0.39 is 0 Å². The van der Waals surface area contributed by atoms with Crippen LogP contribution in [0.25, 0.3) is 10.9 Å². The van der Waals surface area contributed by atoms with Crippen molar-refractivity contribution in [2.45, 2.75) is 25.3 Å². The highest BCUT2D eigenvalue weighted by Crippen LogP contribution is 2.39. The number of aryl methyl sites for hydroxylation is 1. The second-order valence-electron chi connectivity index (χ2n) is 5.19. The highest BCUT2D eigenvalue weighted by Gasteiger charge is 2.22. The van der Waals surface area contributed by atoms with Gasteiger partial charge in [0.05, 0.1) is 21.5 Å². The first-order chi connectivity index (χ1) is 9.79. The van der Waals surface area contributed by atoms with Crippen LogP contribution in [0.5, 0.6) is 0 Å². The first-order valence-electron chi connectivity index (χ1n) is 6.77. The fraction of sp³-hybridized carbons (Fsp3) is 0.267. The summed E-state index contributed by atoms with van der Waals surface area (Å²) >= 11 is 5.48. The van der Waals surface area contributed by atoms with Crippen molar-refractivity contribution in [3.63, 3.8) is 0 Å². The van der Waals surface area contributed by atoms with Crippen molar-refractivity contribution in [1.29, 1.82) is 0 Å². The Morgan fingerprint density at radius 3 is 3.25 bits per heavy atom. The molecule has 0 fully saturated rings. The Labute approximate surface area is 129 Å². The van der Waals surface area contributed by atoms with Gasteiger partial charge in [-0.15, -0.1) is 11.3 Å². The van der Waals surface area contributed by atoms with Gasteiger partial charge in [0.1, 0.15) is 0 Å². The van der Waals surface area contributed by atoms with Gasteiger partial charge >= 0.3 is 0 Å². The summed E-state index contributed by atoms with van der Waals surface area (Å²) in [6.07, 6.45) is 5.53. The number of hydrogen-bond donors (Lipinski definition) is 2. The van der Waals surface area contributed by atoms with E-state index in [1.165, 1.54) is 39.2 Å². The molecule has 1 aromatic carbocycles. The lowest BCUT2D eigenvalue weighted by atomic mass is 9.94. The zero-order chi connectivity index (χ0) is 13.5. The van der Waals surface area contributed by atoms with E-state index in [1.54, 1.807) is 0 Å². The van der Waals surface area contributed by atoms with Crippen molar-refractivity contribution in [1.82, 2.24) is 10.2 Å². The lowest BCUT2D eigenvalue weighted by Crippen LogP contribution is -2.15. The summed E-state index contributed by atoms with van der Waals surface area (Å²) in [4.78, 5) is 1.52. The largest absolute Gasteiger partial charge is 0.378 e. The lowest BCUT2D eigenvalue weighted by Gasteiger charge is -2.24. The van der Waals surface area contributed by atoms with Crippen LogP contribution in [0.4, 0.5) is 5.69 Å². The minimum atomic E-state index is 0.422. The minimum Gasteiger partial charge on any atom is -0.378 e. The SMILES string of the molecule is Brc1cc2c(s1)CCCC2Nc1ccc2[nH]ncc2c1. The molecule has 5 heteroatoms. The van der Waals surface area contributed by atoms with Gasteiger partial charge in [-0.25, -0.2) is 0 Å². The van der Waals surface area contributed by atoms with Gasteiger partial charge in [0, 0.05) is 16.0 Å². The van der Waals surface area contributed by atoms with E-state index in [4.69, 9.17) is 0 Å². The van der Waals surface area contributed by atoms with Gasteiger partial charge in [-0.2, -0.15) is 5.10 Å². The highest BCUT2D eigenvalue weighted by atomic mass is 79.9. The normalized spacial score (nSPS) is 18.1. The Morgan fingerprint density at radius 2 is 2.30 bits per heavy atom. The number of fused-ring (bicyclic) bond motifs is 2. The third-order valence-corrected chi connectivity index (χ3v) is 5.58. The summed E-state index contributed by atoms with van der Waals surface area (Å²) in [5.41, 5.74) is 3.71. The van der Waals surface area contributed by atoms with Crippen LogP contribution in [0.15, 0.2) is 34.2 Å². The number of benzene rings is 1. The number of anilines is 1. The summed E-state index contributed by atoms with van der Waals surface area (Å²) in [6, 6.07) is 9.06. The zero-order valence-electron chi connectivity index (χ0n) is 10.8. The standard InChI is InChI=1S/C15H14BrN3S/c16-15-7-11-13(2-1-3-14(11)20-15)18-10-4-5-12-9(6-10)8-17-19-12/h4-8,13,18H,1-3H2,(H,17,19). The molecule has 2 aromatic heterocycles. The van der Waals surface area contributed by atoms with Crippen molar-refractivity contribution >= 4 is 43.9 Å². The van der Waals surface area contributed by atoms with Gasteiger partial charge < -0.3 is 5.32 Å². The number of hydrogen-bond acceptors (Lipinski definition) is 3. The second kappa shape index (κ2) is 4.90. The molecule has 4 rings (SSSR count). The first-order valence-corrected chi connectivity index (χ1v) is 8.38. The van der Waals surface area contributed by atoms with Crippen molar-refractivity contribution in [3.8, 4) is 0 Å². The Hall–Kier alpha value is -1.33. The summed E-state index contributed by atoms with van der Waals surface area (Å²) in [6.45, 7) is 0. The number of nitrogens with one attached hydrogen (secondary N) is 2. The van der Waals surface area contributed by atoms with Gasteiger partial charge in [-0.3, -0.25) is 5.10 Å². The molecular weight excluding hydrogens is 334 g/mol. The van der Waals surface area contributed by atoms with Gasteiger partial charge in [-0.1, -0.05) is 0 Å². The predicted molar refractivity (Wildman–Crippen MR) is 87.4 cm³/mol. The predicted octanol–water partition coefficient (Wildman–Crippen LogP) is 4.88. The van der Waals surface area contributed by atoms with E-state index in [0.717, 1.165) is 10.9 Å². The highest BCUT2D eigenvalue weighted by molar-refractivity contribution is 9.11. The van der Waals surface area contributed by atoms with Crippen LogP contribution in [0.3, 0.4) is 0 Å². The molecule has 1 aliphatic rings. The van der Waals surface area contributed by atoms with E-state index in [2.05, 4.69) is 55.7 Å². The van der Waals surface area contributed by atoms with Gasteiger partial charge in [0.25, 0.3) is 0 Å². The monoisotopic (exact) mass is 347 g/mol. The van der Waals surface area contributed by atoms with Crippen LogP contribution in [-0.4, -0.2) is 10.2 Å². The molecule has 3 nitrogen and oxygen atoms in total.